The maximum absolute atomic E-state index is 10.6. The fourth-order valence-corrected chi connectivity index (χ4v) is 2.17. The van der Waals surface area contributed by atoms with E-state index in [0.717, 1.165) is 12.8 Å². The normalized spacial score (nSPS) is 24.0. The fraction of sp³-hybridized carbons (Fsp3) is 0.786. The van der Waals surface area contributed by atoms with Crippen LogP contribution in [0.4, 0.5) is 0 Å². The van der Waals surface area contributed by atoms with Gasteiger partial charge in [-0.1, -0.05) is 25.5 Å². The maximum Gasteiger partial charge on any atom is 0.306 e. The van der Waals surface area contributed by atoms with Crippen molar-refractivity contribution in [3.63, 3.8) is 0 Å². The highest BCUT2D eigenvalue weighted by molar-refractivity contribution is 5.67. The Morgan fingerprint density at radius 2 is 2.17 bits per heavy atom. The molecule has 1 heterocycles. The van der Waals surface area contributed by atoms with Crippen molar-refractivity contribution in [2.24, 2.45) is 5.41 Å². The molecular weight excluding hydrogens is 230 g/mol. The van der Waals surface area contributed by atoms with Crippen LogP contribution in [-0.4, -0.2) is 30.0 Å². The van der Waals surface area contributed by atoms with Crippen molar-refractivity contribution in [2.75, 3.05) is 6.54 Å². The van der Waals surface area contributed by atoms with Gasteiger partial charge in [-0.05, 0) is 26.7 Å². The molecular formula is C14H25NO3. The van der Waals surface area contributed by atoms with Crippen molar-refractivity contribution in [3.8, 4) is 0 Å². The summed E-state index contributed by atoms with van der Waals surface area (Å²) in [6.45, 7) is 9.14. The molecule has 1 rings (SSSR count). The van der Waals surface area contributed by atoms with E-state index in [1.54, 1.807) is 0 Å². The predicted molar refractivity (Wildman–Crippen MR) is 71.4 cm³/mol. The van der Waals surface area contributed by atoms with Crippen LogP contribution in [0.25, 0.3) is 0 Å². The van der Waals surface area contributed by atoms with Gasteiger partial charge in [0.2, 0.25) is 0 Å². The average molecular weight is 255 g/mol. The Kier molecular flexibility index (Phi) is 5.35. The number of ether oxygens (including phenoxy) is 1. The van der Waals surface area contributed by atoms with Crippen molar-refractivity contribution in [2.45, 2.75) is 59.3 Å². The highest BCUT2D eigenvalue weighted by Crippen LogP contribution is 2.31. The Morgan fingerprint density at radius 3 is 2.72 bits per heavy atom. The Labute approximate surface area is 109 Å². The molecule has 0 aromatic heterocycles. The first kappa shape index (κ1) is 15.2. The Bertz CT molecular complexity index is 319. The van der Waals surface area contributed by atoms with E-state index < -0.39 is 5.97 Å². The van der Waals surface area contributed by atoms with Gasteiger partial charge < -0.3 is 9.84 Å². The Morgan fingerprint density at radius 1 is 1.50 bits per heavy atom. The fourth-order valence-electron chi connectivity index (χ4n) is 2.17. The first-order valence-corrected chi connectivity index (χ1v) is 6.55. The third-order valence-electron chi connectivity index (χ3n) is 3.31. The molecule has 0 aliphatic carbocycles. The van der Waals surface area contributed by atoms with E-state index in [4.69, 9.17) is 9.84 Å². The standard InChI is InChI=1S/C14H25NO3/c1-10(2)6-5-7-14(3,4)13-15-9-11(18-13)8-12(16)17/h6,11,13,15H,5,7-9H2,1-4H3,(H,16,17). The van der Waals surface area contributed by atoms with Crippen molar-refractivity contribution in [3.05, 3.63) is 11.6 Å². The van der Waals surface area contributed by atoms with Gasteiger partial charge in [0.15, 0.2) is 0 Å². The van der Waals surface area contributed by atoms with Crippen molar-refractivity contribution in [1.29, 1.82) is 0 Å². The molecule has 0 amide bonds. The van der Waals surface area contributed by atoms with E-state index in [0.29, 0.717) is 6.54 Å². The molecule has 0 aromatic rings. The lowest BCUT2D eigenvalue weighted by Gasteiger charge is -2.31. The summed E-state index contributed by atoms with van der Waals surface area (Å²) in [7, 11) is 0. The van der Waals surface area contributed by atoms with Crippen LogP contribution in [0.3, 0.4) is 0 Å². The SMILES string of the molecule is CC(C)=CCCC(C)(C)C1NCC(CC(=O)O)O1. The zero-order valence-corrected chi connectivity index (χ0v) is 11.8. The second-order valence-corrected chi connectivity index (χ2v) is 5.95. The van der Waals surface area contributed by atoms with E-state index >= 15 is 0 Å². The second-order valence-electron chi connectivity index (χ2n) is 5.95. The van der Waals surface area contributed by atoms with E-state index in [-0.39, 0.29) is 24.2 Å². The molecule has 2 unspecified atom stereocenters. The molecule has 4 nitrogen and oxygen atoms in total. The summed E-state index contributed by atoms with van der Waals surface area (Å²) < 4.78 is 5.78. The highest BCUT2D eigenvalue weighted by Gasteiger charge is 2.36. The lowest BCUT2D eigenvalue weighted by molar-refractivity contribution is -0.140. The number of allylic oxidation sites excluding steroid dienone is 2. The summed E-state index contributed by atoms with van der Waals surface area (Å²) in [5.41, 5.74) is 1.34. The average Bonchev–Trinajstić information content (AvgIpc) is 2.64. The molecule has 104 valence electrons. The zero-order chi connectivity index (χ0) is 13.8. The lowest BCUT2D eigenvalue weighted by Crippen LogP contribution is -2.38. The number of carbonyl (C=O) groups is 1. The van der Waals surface area contributed by atoms with Crippen LogP contribution in [0.1, 0.15) is 47.0 Å². The predicted octanol–water partition coefficient (Wildman–Crippen LogP) is 2.55. The van der Waals surface area contributed by atoms with Gasteiger partial charge in [-0.15, -0.1) is 0 Å². The van der Waals surface area contributed by atoms with Crippen LogP contribution >= 0.6 is 0 Å². The van der Waals surface area contributed by atoms with Gasteiger partial charge in [0.25, 0.3) is 0 Å². The number of aliphatic carboxylic acids is 1. The summed E-state index contributed by atoms with van der Waals surface area (Å²) in [4.78, 5) is 10.6. The molecule has 18 heavy (non-hydrogen) atoms. The Hall–Kier alpha value is -0.870. The van der Waals surface area contributed by atoms with Crippen LogP contribution in [0.15, 0.2) is 11.6 Å². The van der Waals surface area contributed by atoms with Gasteiger partial charge in [-0.25, -0.2) is 0 Å². The number of rotatable bonds is 6. The number of carboxylic acids is 1. The first-order valence-electron chi connectivity index (χ1n) is 6.55. The van der Waals surface area contributed by atoms with Crippen molar-refractivity contribution < 1.29 is 14.6 Å². The van der Waals surface area contributed by atoms with Crippen LogP contribution in [-0.2, 0) is 9.53 Å². The van der Waals surface area contributed by atoms with Crippen LogP contribution in [0.2, 0.25) is 0 Å². The molecule has 0 saturated carbocycles. The molecule has 0 bridgehead atoms. The first-order chi connectivity index (χ1) is 8.31. The molecule has 2 N–H and O–H groups in total. The van der Waals surface area contributed by atoms with Gasteiger partial charge in [-0.3, -0.25) is 10.1 Å². The third kappa shape index (κ3) is 4.78. The number of hydrogen-bond acceptors (Lipinski definition) is 3. The maximum atomic E-state index is 10.6. The minimum Gasteiger partial charge on any atom is -0.481 e. The number of hydrogen-bond donors (Lipinski definition) is 2. The van der Waals surface area contributed by atoms with Gasteiger partial charge in [-0.2, -0.15) is 0 Å². The minimum absolute atomic E-state index is 0.0131. The zero-order valence-electron chi connectivity index (χ0n) is 11.8. The molecule has 0 spiro atoms. The van der Waals surface area contributed by atoms with Crippen LogP contribution < -0.4 is 5.32 Å². The number of carboxylic acid groups (broad SMARTS) is 1. The third-order valence-corrected chi connectivity index (χ3v) is 3.31. The minimum atomic E-state index is -0.801. The van der Waals surface area contributed by atoms with Gasteiger partial charge >= 0.3 is 5.97 Å². The molecule has 1 aliphatic rings. The molecule has 0 radical (unpaired) electrons. The van der Waals surface area contributed by atoms with E-state index in [9.17, 15) is 4.79 Å². The molecule has 4 heteroatoms. The molecule has 1 aliphatic heterocycles. The largest absolute Gasteiger partial charge is 0.481 e. The quantitative estimate of drug-likeness (QED) is 0.716. The molecule has 2 atom stereocenters. The Balaban J connectivity index is 2.44. The summed E-state index contributed by atoms with van der Waals surface area (Å²) in [6, 6.07) is 0. The summed E-state index contributed by atoms with van der Waals surface area (Å²) in [6.07, 6.45) is 4.11. The molecule has 1 fully saturated rings. The van der Waals surface area contributed by atoms with Crippen molar-refractivity contribution >= 4 is 5.97 Å². The van der Waals surface area contributed by atoms with Crippen LogP contribution in [0, 0.1) is 5.41 Å². The number of nitrogens with one attached hydrogen (secondary N) is 1. The van der Waals surface area contributed by atoms with Crippen molar-refractivity contribution in [1.82, 2.24) is 5.32 Å². The topological polar surface area (TPSA) is 58.6 Å². The highest BCUT2D eigenvalue weighted by atomic mass is 16.5. The summed E-state index contributed by atoms with van der Waals surface area (Å²) in [5.74, 6) is -0.801. The van der Waals surface area contributed by atoms with Gasteiger partial charge in [0.1, 0.15) is 6.23 Å². The summed E-state index contributed by atoms with van der Waals surface area (Å²) >= 11 is 0. The second kappa shape index (κ2) is 6.34. The smallest absolute Gasteiger partial charge is 0.306 e. The lowest BCUT2D eigenvalue weighted by atomic mass is 9.85. The van der Waals surface area contributed by atoms with E-state index in [1.165, 1.54) is 5.57 Å². The molecule has 1 saturated heterocycles. The molecule has 0 aromatic carbocycles. The van der Waals surface area contributed by atoms with E-state index in [2.05, 4.69) is 39.1 Å². The van der Waals surface area contributed by atoms with Gasteiger partial charge in [0.05, 0.1) is 12.5 Å². The van der Waals surface area contributed by atoms with E-state index in [1.807, 2.05) is 0 Å². The van der Waals surface area contributed by atoms with Gasteiger partial charge in [0, 0.05) is 12.0 Å². The summed E-state index contributed by atoms with van der Waals surface area (Å²) in [5, 5.41) is 12.0. The monoisotopic (exact) mass is 255 g/mol. The van der Waals surface area contributed by atoms with Crippen LogP contribution in [0.5, 0.6) is 0 Å².